The van der Waals surface area contributed by atoms with Crippen molar-refractivity contribution in [2.75, 3.05) is 12.0 Å². The molecule has 1 nitrogen and oxygen atoms in total. The van der Waals surface area contributed by atoms with Gasteiger partial charge in [0.15, 0.2) is 0 Å². The Labute approximate surface area is 107 Å². The molecular formula is C14H14ClOP. The normalized spacial score (nSPS) is 11.4. The van der Waals surface area contributed by atoms with Crippen molar-refractivity contribution in [3.8, 4) is 0 Å². The van der Waals surface area contributed by atoms with Crippen LogP contribution in [0.1, 0.15) is 0 Å². The van der Waals surface area contributed by atoms with Crippen LogP contribution in [-0.4, -0.2) is 12.0 Å². The molecule has 88 valence electrons. The summed E-state index contributed by atoms with van der Waals surface area (Å²) >= 11 is 5.81. The van der Waals surface area contributed by atoms with Gasteiger partial charge in [0, 0.05) is 22.7 Å². The molecule has 0 amide bonds. The van der Waals surface area contributed by atoms with Gasteiger partial charge in [-0.3, -0.25) is 0 Å². The molecule has 0 aliphatic rings. The molecule has 0 atom stereocenters. The Morgan fingerprint density at radius 3 is 1.59 bits per heavy atom. The summed E-state index contributed by atoms with van der Waals surface area (Å²) in [6.07, 6.45) is 0.503. The van der Waals surface area contributed by atoms with E-state index in [1.54, 1.807) is 0 Å². The second-order valence-corrected chi connectivity index (χ2v) is 7.16. The fourth-order valence-corrected chi connectivity index (χ4v) is 4.94. The van der Waals surface area contributed by atoms with E-state index in [0.717, 1.165) is 10.6 Å². The van der Waals surface area contributed by atoms with Crippen molar-refractivity contribution >= 4 is 29.4 Å². The number of benzene rings is 2. The Balaban J connectivity index is 2.51. The minimum absolute atomic E-state index is 0.404. The maximum atomic E-state index is 13.1. The lowest BCUT2D eigenvalue weighted by molar-refractivity contribution is 0.588. The topological polar surface area (TPSA) is 17.1 Å². The van der Waals surface area contributed by atoms with Gasteiger partial charge in [0.25, 0.3) is 0 Å². The molecule has 0 aliphatic heterocycles. The van der Waals surface area contributed by atoms with Gasteiger partial charge in [-0.05, 0) is 0 Å². The first-order valence-electron chi connectivity index (χ1n) is 5.53. The minimum atomic E-state index is -2.56. The zero-order valence-corrected chi connectivity index (χ0v) is 11.1. The van der Waals surface area contributed by atoms with Crippen LogP contribution >= 0.6 is 18.7 Å². The van der Waals surface area contributed by atoms with Gasteiger partial charge in [0.1, 0.15) is 7.14 Å². The summed E-state index contributed by atoms with van der Waals surface area (Å²) in [5.41, 5.74) is 0. The van der Waals surface area contributed by atoms with Crippen LogP contribution in [0.5, 0.6) is 0 Å². The zero-order valence-electron chi connectivity index (χ0n) is 9.42. The molecule has 0 radical (unpaired) electrons. The van der Waals surface area contributed by atoms with E-state index in [0.29, 0.717) is 12.0 Å². The van der Waals surface area contributed by atoms with Gasteiger partial charge in [-0.25, -0.2) is 0 Å². The van der Waals surface area contributed by atoms with Crippen LogP contribution in [0.25, 0.3) is 0 Å². The number of hydrogen-bond donors (Lipinski definition) is 0. The lowest BCUT2D eigenvalue weighted by atomic mass is 10.4. The molecule has 0 heterocycles. The molecule has 0 saturated carbocycles. The monoisotopic (exact) mass is 264 g/mol. The van der Waals surface area contributed by atoms with Gasteiger partial charge in [0.2, 0.25) is 0 Å². The van der Waals surface area contributed by atoms with Gasteiger partial charge in [-0.15, -0.1) is 11.6 Å². The van der Waals surface area contributed by atoms with Crippen LogP contribution in [-0.2, 0) is 4.57 Å². The largest absolute Gasteiger partial charge is 0.314 e. The Morgan fingerprint density at radius 2 is 1.24 bits per heavy atom. The van der Waals surface area contributed by atoms with Crippen LogP contribution in [0.4, 0.5) is 0 Å². The first-order valence-corrected chi connectivity index (χ1v) is 7.96. The molecule has 0 unspecified atom stereocenters. The summed E-state index contributed by atoms with van der Waals surface area (Å²) in [6, 6.07) is 19.2. The molecule has 17 heavy (non-hydrogen) atoms. The molecule has 2 aromatic rings. The fourth-order valence-electron chi connectivity index (χ4n) is 1.86. The number of rotatable bonds is 4. The Hall–Kier alpha value is -1.04. The molecular weight excluding hydrogens is 251 g/mol. The lowest BCUT2D eigenvalue weighted by Crippen LogP contribution is -2.18. The van der Waals surface area contributed by atoms with Crippen molar-refractivity contribution in [2.24, 2.45) is 0 Å². The Bertz CT molecular complexity index is 467. The molecule has 3 heteroatoms. The second-order valence-electron chi connectivity index (χ2n) is 3.82. The minimum Gasteiger partial charge on any atom is -0.314 e. The molecule has 0 aromatic heterocycles. The number of halogens is 1. The van der Waals surface area contributed by atoms with Crippen molar-refractivity contribution < 1.29 is 4.57 Å². The van der Waals surface area contributed by atoms with Crippen molar-refractivity contribution in [1.29, 1.82) is 0 Å². The van der Waals surface area contributed by atoms with Gasteiger partial charge in [0.05, 0.1) is 0 Å². The van der Waals surface area contributed by atoms with Gasteiger partial charge < -0.3 is 4.57 Å². The summed E-state index contributed by atoms with van der Waals surface area (Å²) in [5.74, 6) is 0.404. The van der Waals surface area contributed by atoms with Crippen LogP contribution in [0.2, 0.25) is 0 Å². The van der Waals surface area contributed by atoms with Crippen molar-refractivity contribution in [1.82, 2.24) is 0 Å². The summed E-state index contributed by atoms with van der Waals surface area (Å²) in [6.45, 7) is 0. The highest BCUT2D eigenvalue weighted by atomic mass is 35.5. The summed E-state index contributed by atoms with van der Waals surface area (Å²) in [7, 11) is -2.56. The lowest BCUT2D eigenvalue weighted by Gasteiger charge is -2.17. The summed E-state index contributed by atoms with van der Waals surface area (Å²) in [4.78, 5) is 0. The van der Waals surface area contributed by atoms with Gasteiger partial charge in [-0.1, -0.05) is 60.7 Å². The molecule has 0 fully saturated rings. The third-order valence-corrected chi connectivity index (χ3v) is 6.32. The molecule has 0 bridgehead atoms. The van der Waals surface area contributed by atoms with E-state index in [9.17, 15) is 4.57 Å². The smallest absolute Gasteiger partial charge is 0.144 e. The quantitative estimate of drug-likeness (QED) is 0.612. The average molecular weight is 265 g/mol. The average Bonchev–Trinajstić information content (AvgIpc) is 2.41. The van der Waals surface area contributed by atoms with Crippen LogP contribution in [0.15, 0.2) is 60.7 Å². The molecule has 2 rings (SSSR count). The molecule has 0 saturated heterocycles. The van der Waals surface area contributed by atoms with E-state index in [-0.39, 0.29) is 0 Å². The first kappa shape index (κ1) is 12.4. The maximum Gasteiger partial charge on any atom is 0.144 e. The Morgan fingerprint density at radius 1 is 0.824 bits per heavy atom. The third-order valence-electron chi connectivity index (χ3n) is 2.75. The van der Waals surface area contributed by atoms with Crippen molar-refractivity contribution in [3.63, 3.8) is 0 Å². The highest BCUT2D eigenvalue weighted by molar-refractivity contribution is 7.78. The summed E-state index contributed by atoms with van der Waals surface area (Å²) in [5, 5.41) is 1.76. The Kier molecular flexibility index (Phi) is 4.04. The van der Waals surface area contributed by atoms with Gasteiger partial charge >= 0.3 is 0 Å². The third kappa shape index (κ3) is 2.62. The van der Waals surface area contributed by atoms with E-state index in [1.807, 2.05) is 60.7 Å². The van der Waals surface area contributed by atoms with Crippen LogP contribution in [0, 0.1) is 0 Å². The standard InChI is InChI=1S/C14H14ClOP/c15-11-12-17(16,13-7-3-1-4-8-13)14-9-5-2-6-10-14/h1-10H,11-12H2. The van der Waals surface area contributed by atoms with Gasteiger partial charge in [-0.2, -0.15) is 0 Å². The highest BCUT2D eigenvalue weighted by Gasteiger charge is 2.25. The second kappa shape index (κ2) is 5.53. The van der Waals surface area contributed by atoms with E-state index >= 15 is 0 Å². The number of alkyl halides is 1. The number of hydrogen-bond acceptors (Lipinski definition) is 1. The van der Waals surface area contributed by atoms with E-state index in [1.165, 1.54) is 0 Å². The predicted molar refractivity (Wildman–Crippen MR) is 75.3 cm³/mol. The van der Waals surface area contributed by atoms with E-state index in [4.69, 9.17) is 11.6 Å². The molecule has 0 N–H and O–H groups in total. The molecule has 0 aliphatic carbocycles. The first-order chi connectivity index (χ1) is 8.27. The maximum absolute atomic E-state index is 13.1. The molecule has 2 aromatic carbocycles. The van der Waals surface area contributed by atoms with Crippen molar-refractivity contribution in [3.05, 3.63) is 60.7 Å². The van der Waals surface area contributed by atoms with E-state index < -0.39 is 7.14 Å². The predicted octanol–water partition coefficient (Wildman–Crippen LogP) is 3.24. The van der Waals surface area contributed by atoms with E-state index in [2.05, 4.69) is 0 Å². The van der Waals surface area contributed by atoms with Crippen LogP contribution in [0.3, 0.4) is 0 Å². The van der Waals surface area contributed by atoms with Crippen molar-refractivity contribution in [2.45, 2.75) is 0 Å². The SMILES string of the molecule is O=P(CCCl)(c1ccccc1)c1ccccc1. The van der Waals surface area contributed by atoms with Crippen LogP contribution < -0.4 is 10.6 Å². The fraction of sp³-hybridized carbons (Fsp3) is 0.143. The molecule has 0 spiro atoms. The summed E-state index contributed by atoms with van der Waals surface area (Å²) < 4.78 is 13.1. The highest BCUT2D eigenvalue weighted by Crippen LogP contribution is 2.42. The zero-order chi connectivity index (χ0) is 12.1.